The molecular weight excluding hydrogens is 374 g/mol. The first kappa shape index (κ1) is 18.3. The zero-order valence-corrected chi connectivity index (χ0v) is 16.0. The average Bonchev–Trinajstić information content (AvgIpc) is 3.15. The van der Waals surface area contributed by atoms with Gasteiger partial charge in [0, 0.05) is 28.5 Å². The van der Waals surface area contributed by atoms with Crippen LogP contribution in [-0.2, 0) is 4.74 Å². The monoisotopic (exact) mass is 389 g/mol. The van der Waals surface area contributed by atoms with E-state index in [9.17, 15) is 9.59 Å². The highest BCUT2D eigenvalue weighted by atomic mass is 35.5. The number of esters is 1. The molecule has 3 rings (SSSR count). The third-order valence-electron chi connectivity index (χ3n) is 3.83. The van der Waals surface area contributed by atoms with Crippen LogP contribution >= 0.6 is 22.9 Å². The number of ether oxygens (including phenoxy) is 1. The molecule has 0 radical (unpaired) electrons. The summed E-state index contributed by atoms with van der Waals surface area (Å²) in [5.41, 5.74) is 3.35. The fourth-order valence-corrected chi connectivity index (χ4v) is 3.69. The van der Waals surface area contributed by atoms with E-state index in [0.717, 1.165) is 22.2 Å². The zero-order valence-electron chi connectivity index (χ0n) is 14.4. The van der Waals surface area contributed by atoms with Gasteiger partial charge in [-0.3, -0.25) is 9.36 Å². The van der Waals surface area contributed by atoms with Crippen LogP contribution in [0.3, 0.4) is 0 Å². The SMILES string of the molecule is Cc1csc(-n2c(C)cc(C(=O)COC(=O)c3ccnc(Cl)c3)c2C)n1. The summed E-state index contributed by atoms with van der Waals surface area (Å²) in [5.74, 6) is -0.891. The van der Waals surface area contributed by atoms with Crippen LogP contribution in [0.1, 0.15) is 37.8 Å². The second-order valence-electron chi connectivity index (χ2n) is 5.76. The summed E-state index contributed by atoms with van der Waals surface area (Å²) in [6, 6.07) is 4.66. The Morgan fingerprint density at radius 1 is 1.27 bits per heavy atom. The number of ketones is 1. The predicted octanol–water partition coefficient (Wildman–Crippen LogP) is 3.95. The summed E-state index contributed by atoms with van der Waals surface area (Å²) in [6.07, 6.45) is 1.41. The summed E-state index contributed by atoms with van der Waals surface area (Å²) in [4.78, 5) is 32.8. The number of nitrogens with zero attached hydrogens (tertiary/aromatic N) is 3. The van der Waals surface area contributed by atoms with Crippen molar-refractivity contribution in [3.8, 4) is 5.13 Å². The van der Waals surface area contributed by atoms with Crippen LogP contribution in [0.4, 0.5) is 0 Å². The van der Waals surface area contributed by atoms with Crippen LogP contribution in [0.2, 0.25) is 5.15 Å². The number of aryl methyl sites for hydroxylation is 2. The summed E-state index contributed by atoms with van der Waals surface area (Å²) in [6.45, 7) is 5.33. The minimum absolute atomic E-state index is 0.188. The molecule has 0 bridgehead atoms. The van der Waals surface area contributed by atoms with E-state index >= 15 is 0 Å². The van der Waals surface area contributed by atoms with E-state index < -0.39 is 5.97 Å². The van der Waals surface area contributed by atoms with Gasteiger partial charge in [-0.1, -0.05) is 11.6 Å². The molecule has 0 unspecified atom stereocenters. The van der Waals surface area contributed by atoms with E-state index in [-0.39, 0.29) is 23.1 Å². The van der Waals surface area contributed by atoms with Gasteiger partial charge in [-0.05, 0) is 39.0 Å². The fraction of sp³-hybridized carbons (Fsp3) is 0.222. The van der Waals surface area contributed by atoms with Crippen LogP contribution in [0.25, 0.3) is 5.13 Å². The number of aromatic nitrogens is 3. The molecule has 0 aliphatic carbocycles. The minimum atomic E-state index is -0.619. The fourth-order valence-electron chi connectivity index (χ4n) is 2.61. The van der Waals surface area contributed by atoms with Gasteiger partial charge in [-0.15, -0.1) is 11.3 Å². The van der Waals surface area contributed by atoms with Crippen molar-refractivity contribution in [1.29, 1.82) is 0 Å². The van der Waals surface area contributed by atoms with Crippen LogP contribution in [-0.4, -0.2) is 32.9 Å². The molecule has 0 N–H and O–H groups in total. The summed E-state index contributed by atoms with van der Waals surface area (Å²) < 4.78 is 7.04. The van der Waals surface area contributed by atoms with Gasteiger partial charge in [0.05, 0.1) is 11.3 Å². The van der Waals surface area contributed by atoms with E-state index in [0.29, 0.717) is 5.56 Å². The Morgan fingerprint density at radius 3 is 2.69 bits per heavy atom. The maximum atomic E-state index is 12.5. The Bertz CT molecular complexity index is 993. The molecule has 134 valence electrons. The largest absolute Gasteiger partial charge is 0.454 e. The zero-order chi connectivity index (χ0) is 18.8. The lowest BCUT2D eigenvalue weighted by Crippen LogP contribution is -2.15. The molecule has 0 aromatic carbocycles. The number of pyridine rings is 1. The van der Waals surface area contributed by atoms with Gasteiger partial charge in [-0.25, -0.2) is 14.8 Å². The highest BCUT2D eigenvalue weighted by Crippen LogP contribution is 2.24. The lowest BCUT2D eigenvalue weighted by Gasteiger charge is -2.06. The van der Waals surface area contributed by atoms with E-state index in [2.05, 4.69) is 9.97 Å². The van der Waals surface area contributed by atoms with Crippen molar-refractivity contribution in [1.82, 2.24) is 14.5 Å². The third-order valence-corrected chi connectivity index (χ3v) is 4.98. The van der Waals surface area contributed by atoms with Crippen molar-refractivity contribution >= 4 is 34.7 Å². The second-order valence-corrected chi connectivity index (χ2v) is 6.98. The van der Waals surface area contributed by atoms with Crippen molar-refractivity contribution in [2.24, 2.45) is 0 Å². The van der Waals surface area contributed by atoms with Crippen LogP contribution in [0, 0.1) is 20.8 Å². The van der Waals surface area contributed by atoms with Crippen molar-refractivity contribution in [3.63, 3.8) is 0 Å². The summed E-state index contributed by atoms with van der Waals surface area (Å²) in [5, 5.41) is 2.95. The quantitative estimate of drug-likeness (QED) is 0.375. The Balaban J connectivity index is 1.75. The number of hydrogen-bond acceptors (Lipinski definition) is 6. The summed E-state index contributed by atoms with van der Waals surface area (Å²) in [7, 11) is 0. The molecular formula is C18H16ClN3O3S. The molecule has 8 heteroatoms. The molecule has 26 heavy (non-hydrogen) atoms. The second kappa shape index (κ2) is 7.39. The molecule has 0 amide bonds. The first-order valence-corrected chi connectivity index (χ1v) is 9.06. The molecule has 0 saturated carbocycles. The molecule has 3 heterocycles. The number of thiazole rings is 1. The molecule has 0 atom stereocenters. The highest BCUT2D eigenvalue weighted by molar-refractivity contribution is 7.12. The van der Waals surface area contributed by atoms with E-state index in [1.165, 1.54) is 29.7 Å². The molecule has 3 aromatic rings. The number of carbonyl (C=O) groups is 2. The van der Waals surface area contributed by atoms with E-state index in [4.69, 9.17) is 16.3 Å². The molecule has 6 nitrogen and oxygen atoms in total. The Hall–Kier alpha value is -2.51. The van der Waals surface area contributed by atoms with Crippen molar-refractivity contribution in [2.45, 2.75) is 20.8 Å². The predicted molar refractivity (Wildman–Crippen MR) is 99.5 cm³/mol. The van der Waals surface area contributed by atoms with E-state index in [1.807, 2.05) is 30.7 Å². The van der Waals surface area contributed by atoms with Crippen molar-refractivity contribution in [2.75, 3.05) is 6.61 Å². The Morgan fingerprint density at radius 2 is 2.04 bits per heavy atom. The third kappa shape index (κ3) is 3.68. The lowest BCUT2D eigenvalue weighted by atomic mass is 10.1. The highest BCUT2D eigenvalue weighted by Gasteiger charge is 2.19. The summed E-state index contributed by atoms with van der Waals surface area (Å²) >= 11 is 7.26. The van der Waals surface area contributed by atoms with Crippen LogP contribution in [0.15, 0.2) is 29.8 Å². The minimum Gasteiger partial charge on any atom is -0.454 e. The lowest BCUT2D eigenvalue weighted by molar-refractivity contribution is 0.0474. The van der Waals surface area contributed by atoms with Crippen molar-refractivity contribution < 1.29 is 14.3 Å². The molecule has 0 aliphatic rings. The van der Waals surface area contributed by atoms with Crippen LogP contribution in [0.5, 0.6) is 0 Å². The standard InChI is InChI=1S/C18H16ClN3O3S/c1-10-9-26-18(21-10)22-11(2)6-14(12(22)3)15(23)8-25-17(24)13-4-5-20-16(19)7-13/h4-7,9H,8H2,1-3H3. The molecule has 0 saturated heterocycles. The number of carbonyl (C=O) groups excluding carboxylic acids is 2. The van der Waals surface area contributed by atoms with Gasteiger partial charge >= 0.3 is 5.97 Å². The van der Waals surface area contributed by atoms with Gasteiger partial charge in [0.1, 0.15) is 5.15 Å². The Labute approximate surface area is 159 Å². The van der Waals surface area contributed by atoms with Gasteiger partial charge in [0.2, 0.25) is 5.78 Å². The molecule has 0 fully saturated rings. The normalized spacial score (nSPS) is 10.8. The maximum absolute atomic E-state index is 12.5. The van der Waals surface area contributed by atoms with Crippen LogP contribution < -0.4 is 0 Å². The van der Waals surface area contributed by atoms with E-state index in [1.54, 1.807) is 6.07 Å². The smallest absolute Gasteiger partial charge is 0.338 e. The first-order valence-electron chi connectivity index (χ1n) is 7.80. The molecule has 0 spiro atoms. The van der Waals surface area contributed by atoms with Gasteiger partial charge < -0.3 is 4.74 Å². The number of rotatable bonds is 5. The van der Waals surface area contributed by atoms with Crippen molar-refractivity contribution in [3.05, 3.63) is 63.1 Å². The van der Waals surface area contributed by atoms with Gasteiger partial charge in [0.15, 0.2) is 11.7 Å². The van der Waals surface area contributed by atoms with Gasteiger partial charge in [-0.2, -0.15) is 0 Å². The molecule has 0 aliphatic heterocycles. The van der Waals surface area contributed by atoms with Gasteiger partial charge in [0.25, 0.3) is 0 Å². The number of hydrogen-bond donors (Lipinski definition) is 0. The average molecular weight is 390 g/mol. The number of halogens is 1. The topological polar surface area (TPSA) is 74.1 Å². The maximum Gasteiger partial charge on any atom is 0.338 e. The molecule has 3 aromatic heterocycles. The Kier molecular flexibility index (Phi) is 5.20. The number of Topliss-reactive ketones (excluding diaryl/α,β-unsaturated/α-hetero) is 1. The first-order chi connectivity index (χ1) is 12.4.